The third-order valence-corrected chi connectivity index (χ3v) is 7.57. The first-order valence-corrected chi connectivity index (χ1v) is 14.8. The summed E-state index contributed by atoms with van der Waals surface area (Å²) >= 11 is 0. The van der Waals surface area contributed by atoms with Crippen molar-refractivity contribution in [2.45, 2.75) is 76.6 Å². The predicted octanol–water partition coefficient (Wildman–Crippen LogP) is -1.40. The van der Waals surface area contributed by atoms with Gasteiger partial charge in [-0.25, -0.2) is 13.2 Å². The number of hydrogen-bond donors (Lipinski definition) is 4. The Balaban J connectivity index is 0.00000882. The van der Waals surface area contributed by atoms with Crippen LogP contribution in [0.5, 0.6) is 0 Å². The van der Waals surface area contributed by atoms with Crippen LogP contribution in [0.1, 0.15) is 51.7 Å². The Hall–Kier alpha value is -2.32. The molecule has 11 nitrogen and oxygen atoms in total. The second-order valence-corrected chi connectivity index (χ2v) is 12.4. The summed E-state index contributed by atoms with van der Waals surface area (Å²) < 4.78 is 42.1. The van der Waals surface area contributed by atoms with Crippen LogP contribution in [-0.2, 0) is 42.3 Å². The molecule has 0 fully saturated rings. The number of nitrogens with two attached hydrogens (primary N) is 1. The third kappa shape index (κ3) is 11.1. The molecule has 0 aliphatic heterocycles. The standard InChI is InChI=1S/C29H41N3O8S.Na/c1-19(2)15-24(31-26(33)23(30)17-21-11-7-5-8-12-21)27(34)32-25(16-20(3)4)29(36,41(37,38)39)28(35)40-18-22-13-9-6-10-14-22;/h5-14,19-20,23-25,36H,15-18,30H2,1-4H3,(H,31,33)(H,32,34)(H,37,38,39);/q;+1/p-1/t23-,24-,25?,29?;/m0./s1. The van der Waals surface area contributed by atoms with E-state index in [0.717, 1.165) is 5.56 Å². The van der Waals surface area contributed by atoms with Crippen LogP contribution in [-0.4, -0.2) is 58.9 Å². The Morgan fingerprint density at radius 2 is 1.38 bits per heavy atom. The minimum Gasteiger partial charge on any atom is -0.745 e. The molecule has 42 heavy (non-hydrogen) atoms. The van der Waals surface area contributed by atoms with Gasteiger partial charge in [0.25, 0.3) is 4.93 Å². The summed E-state index contributed by atoms with van der Waals surface area (Å²) in [4.78, 5) is 35.7. The number of carbonyl (C=O) groups is 3. The molecule has 13 heteroatoms. The van der Waals surface area contributed by atoms with E-state index >= 15 is 0 Å². The molecule has 0 heterocycles. The zero-order valence-corrected chi connectivity index (χ0v) is 27.6. The van der Waals surface area contributed by atoms with Gasteiger partial charge in [-0.1, -0.05) is 88.4 Å². The topological polar surface area (TPSA) is 188 Å². The van der Waals surface area contributed by atoms with Gasteiger partial charge in [0.15, 0.2) is 0 Å². The maximum absolute atomic E-state index is 13.4. The van der Waals surface area contributed by atoms with Crippen molar-refractivity contribution in [2.24, 2.45) is 17.6 Å². The van der Waals surface area contributed by atoms with Crippen molar-refractivity contribution in [1.82, 2.24) is 10.6 Å². The van der Waals surface area contributed by atoms with Gasteiger partial charge in [0.1, 0.15) is 22.8 Å². The Bertz CT molecular complexity index is 1260. The number of esters is 1. The predicted molar refractivity (Wildman–Crippen MR) is 152 cm³/mol. The SMILES string of the molecule is CC(C)CC(NC(=O)[C@H](CC(C)C)NC(=O)[C@@H](N)Cc1ccccc1)C(O)(C(=O)OCc1ccccc1)S(=O)(=O)[O-].[Na+]. The molecule has 0 saturated heterocycles. The average Bonchev–Trinajstić information content (AvgIpc) is 2.90. The maximum atomic E-state index is 13.4. The normalized spacial score (nSPS) is 15.1. The summed E-state index contributed by atoms with van der Waals surface area (Å²) in [7, 11) is -5.77. The average molecular weight is 614 g/mol. The zero-order chi connectivity index (χ0) is 30.8. The molecule has 0 saturated carbocycles. The van der Waals surface area contributed by atoms with E-state index in [9.17, 15) is 32.5 Å². The molecular weight excluding hydrogens is 573 g/mol. The van der Waals surface area contributed by atoms with Crippen molar-refractivity contribution in [3.05, 3.63) is 71.8 Å². The quantitative estimate of drug-likeness (QED) is 0.106. The van der Waals surface area contributed by atoms with Gasteiger partial charge in [0.2, 0.25) is 11.8 Å². The van der Waals surface area contributed by atoms with Gasteiger partial charge < -0.3 is 30.8 Å². The number of nitrogens with one attached hydrogen (secondary N) is 2. The van der Waals surface area contributed by atoms with Crippen molar-refractivity contribution in [2.75, 3.05) is 0 Å². The van der Waals surface area contributed by atoms with Crippen LogP contribution in [0.15, 0.2) is 60.7 Å². The van der Waals surface area contributed by atoms with Gasteiger partial charge >= 0.3 is 35.5 Å². The molecule has 2 rings (SSSR count). The van der Waals surface area contributed by atoms with Crippen molar-refractivity contribution in [1.29, 1.82) is 0 Å². The monoisotopic (exact) mass is 613 g/mol. The molecule has 4 atom stereocenters. The molecule has 0 spiro atoms. The molecule has 0 aromatic heterocycles. The van der Waals surface area contributed by atoms with E-state index in [0.29, 0.717) is 5.56 Å². The maximum Gasteiger partial charge on any atom is 1.00 e. The van der Waals surface area contributed by atoms with E-state index < -0.39 is 57.6 Å². The van der Waals surface area contributed by atoms with Gasteiger partial charge in [-0.2, -0.15) is 0 Å². The molecule has 2 aromatic carbocycles. The van der Waals surface area contributed by atoms with Crippen LogP contribution in [0.3, 0.4) is 0 Å². The van der Waals surface area contributed by atoms with E-state index in [4.69, 9.17) is 10.5 Å². The van der Waals surface area contributed by atoms with E-state index in [2.05, 4.69) is 10.6 Å². The molecule has 0 bridgehead atoms. The molecule has 0 radical (unpaired) electrons. The number of rotatable bonds is 15. The van der Waals surface area contributed by atoms with E-state index in [1.165, 1.54) is 0 Å². The van der Waals surface area contributed by atoms with E-state index in [1.807, 2.05) is 18.2 Å². The van der Waals surface area contributed by atoms with Crippen LogP contribution in [0.4, 0.5) is 0 Å². The fraction of sp³-hybridized carbons (Fsp3) is 0.483. The Kier molecular flexibility index (Phi) is 15.3. The Morgan fingerprint density at radius 1 is 0.881 bits per heavy atom. The second kappa shape index (κ2) is 17.1. The van der Waals surface area contributed by atoms with Crippen LogP contribution in [0.25, 0.3) is 0 Å². The van der Waals surface area contributed by atoms with E-state index in [1.54, 1.807) is 70.2 Å². The summed E-state index contributed by atoms with van der Waals surface area (Å²) in [6.07, 6.45) is 0.0745. The third-order valence-electron chi connectivity index (χ3n) is 6.36. The largest absolute Gasteiger partial charge is 1.00 e. The van der Waals surface area contributed by atoms with Crippen LogP contribution >= 0.6 is 0 Å². The summed E-state index contributed by atoms with van der Waals surface area (Å²) in [6, 6.07) is 13.3. The molecule has 5 N–H and O–H groups in total. The summed E-state index contributed by atoms with van der Waals surface area (Å²) in [6.45, 7) is 6.51. The number of hydrogen-bond acceptors (Lipinski definition) is 9. The van der Waals surface area contributed by atoms with Crippen molar-refractivity contribution in [3.63, 3.8) is 0 Å². The van der Waals surface area contributed by atoms with Gasteiger partial charge in [-0.15, -0.1) is 0 Å². The first-order chi connectivity index (χ1) is 19.1. The molecule has 2 unspecified atom stereocenters. The van der Waals surface area contributed by atoms with Crippen molar-refractivity contribution in [3.8, 4) is 0 Å². The Labute approximate surface area is 270 Å². The van der Waals surface area contributed by atoms with Gasteiger partial charge in [0, 0.05) is 0 Å². The first-order valence-electron chi connectivity index (χ1n) is 13.4. The molecule has 0 aliphatic rings. The fourth-order valence-electron chi connectivity index (χ4n) is 4.25. The smallest absolute Gasteiger partial charge is 0.745 e. The molecule has 0 aliphatic carbocycles. The number of amides is 2. The van der Waals surface area contributed by atoms with Crippen LogP contribution < -0.4 is 45.9 Å². The molecular formula is C29H40N3NaO8S. The van der Waals surface area contributed by atoms with Gasteiger partial charge in [-0.3, -0.25) is 9.59 Å². The number of benzene rings is 2. The number of aliphatic hydroxyl groups is 1. The van der Waals surface area contributed by atoms with Gasteiger partial charge in [0.05, 0.1) is 12.1 Å². The summed E-state index contributed by atoms with van der Waals surface area (Å²) in [5.41, 5.74) is 7.38. The second-order valence-electron chi connectivity index (χ2n) is 10.9. The Morgan fingerprint density at radius 3 is 1.86 bits per heavy atom. The first kappa shape index (κ1) is 37.7. The van der Waals surface area contributed by atoms with Crippen LogP contribution in [0.2, 0.25) is 0 Å². The molecule has 2 amide bonds. The fourth-order valence-corrected chi connectivity index (χ4v) is 5.01. The van der Waals surface area contributed by atoms with Gasteiger partial charge in [-0.05, 0) is 42.2 Å². The van der Waals surface area contributed by atoms with Crippen LogP contribution in [0, 0.1) is 11.8 Å². The zero-order valence-electron chi connectivity index (χ0n) is 24.8. The summed E-state index contributed by atoms with van der Waals surface area (Å²) in [5, 5.41) is 16.1. The van der Waals surface area contributed by atoms with Crippen molar-refractivity contribution >= 4 is 27.9 Å². The minimum atomic E-state index is -5.77. The summed E-state index contributed by atoms with van der Waals surface area (Å²) in [5.74, 6) is -3.69. The number of carbonyl (C=O) groups excluding carboxylic acids is 3. The minimum absolute atomic E-state index is 0. The van der Waals surface area contributed by atoms with Crippen molar-refractivity contribution < 1.29 is 66.8 Å². The van der Waals surface area contributed by atoms with E-state index in [-0.39, 0.29) is 60.7 Å². The molecule has 2 aromatic rings. The number of ether oxygens (including phenoxy) is 1. The molecule has 226 valence electrons.